The summed E-state index contributed by atoms with van der Waals surface area (Å²) in [7, 11) is 3.30. The number of fused-ring (bicyclic) bond motifs is 1. The third kappa shape index (κ3) is 11.9. The van der Waals surface area contributed by atoms with E-state index in [9.17, 15) is 9.59 Å². The second-order valence-corrected chi connectivity index (χ2v) is 11.5. The minimum absolute atomic E-state index is 0.0477. The topological polar surface area (TPSA) is 108 Å². The zero-order chi connectivity index (χ0) is 34.0. The SMILES string of the molecule is COc1ccc(CC[CH]c2cccc(NCCCOCCOCCNC(=O)COc3ccc4c(c3)CCCN4C(=O)CCl)c2)cc1OC. The Labute approximate surface area is 289 Å². The fourth-order valence-corrected chi connectivity index (χ4v) is 5.55. The van der Waals surface area contributed by atoms with Gasteiger partial charge in [0, 0.05) is 37.6 Å². The summed E-state index contributed by atoms with van der Waals surface area (Å²) in [5, 5.41) is 6.25. The first-order valence-corrected chi connectivity index (χ1v) is 17.0. The third-order valence-electron chi connectivity index (χ3n) is 7.84. The number of hydrogen-bond donors (Lipinski definition) is 2. The van der Waals surface area contributed by atoms with Gasteiger partial charge in [-0.05, 0) is 97.7 Å². The van der Waals surface area contributed by atoms with Gasteiger partial charge < -0.3 is 39.2 Å². The maximum Gasteiger partial charge on any atom is 0.258 e. The average molecular weight is 681 g/mol. The van der Waals surface area contributed by atoms with Crippen LogP contribution in [0.1, 0.15) is 36.0 Å². The lowest BCUT2D eigenvalue weighted by Crippen LogP contribution is -2.36. The number of rotatable bonds is 21. The summed E-state index contributed by atoms with van der Waals surface area (Å²) in [5.74, 6) is 1.70. The largest absolute Gasteiger partial charge is 0.493 e. The summed E-state index contributed by atoms with van der Waals surface area (Å²) in [6.07, 6.45) is 6.66. The fourth-order valence-electron chi connectivity index (χ4n) is 5.40. The highest BCUT2D eigenvalue weighted by Gasteiger charge is 2.22. The molecule has 0 saturated heterocycles. The Morgan fingerprint density at radius 3 is 2.56 bits per heavy atom. The molecule has 259 valence electrons. The summed E-state index contributed by atoms with van der Waals surface area (Å²) >= 11 is 5.74. The number of carbonyl (C=O) groups is 2. The van der Waals surface area contributed by atoms with Crippen molar-refractivity contribution in [3.05, 3.63) is 83.8 Å². The molecule has 3 aromatic rings. The lowest BCUT2D eigenvalue weighted by atomic mass is 10.0. The molecule has 0 aromatic heterocycles. The van der Waals surface area contributed by atoms with Gasteiger partial charge in [-0.15, -0.1) is 11.6 Å². The first-order valence-electron chi connectivity index (χ1n) is 16.4. The van der Waals surface area contributed by atoms with Gasteiger partial charge in [-0.25, -0.2) is 0 Å². The van der Waals surface area contributed by atoms with Crippen LogP contribution in [0, 0.1) is 6.42 Å². The van der Waals surface area contributed by atoms with Crippen molar-refractivity contribution in [1.29, 1.82) is 0 Å². The molecule has 1 aliphatic rings. The zero-order valence-corrected chi connectivity index (χ0v) is 28.7. The molecule has 0 aliphatic carbocycles. The number of benzene rings is 3. The van der Waals surface area contributed by atoms with Gasteiger partial charge in [0.1, 0.15) is 11.6 Å². The van der Waals surface area contributed by atoms with Crippen molar-refractivity contribution < 1.29 is 33.3 Å². The Morgan fingerprint density at radius 2 is 1.75 bits per heavy atom. The van der Waals surface area contributed by atoms with Gasteiger partial charge in [-0.2, -0.15) is 0 Å². The molecular weight excluding hydrogens is 634 g/mol. The maximum atomic E-state index is 12.2. The lowest BCUT2D eigenvalue weighted by Gasteiger charge is -2.29. The highest BCUT2D eigenvalue weighted by Crippen LogP contribution is 2.31. The van der Waals surface area contributed by atoms with E-state index in [1.807, 2.05) is 24.3 Å². The summed E-state index contributed by atoms with van der Waals surface area (Å²) in [4.78, 5) is 26.0. The van der Waals surface area contributed by atoms with Crippen molar-refractivity contribution in [3.8, 4) is 17.2 Å². The first-order chi connectivity index (χ1) is 23.5. The molecule has 0 spiro atoms. The molecule has 0 fully saturated rings. The van der Waals surface area contributed by atoms with E-state index in [0.717, 1.165) is 67.1 Å². The zero-order valence-electron chi connectivity index (χ0n) is 27.9. The van der Waals surface area contributed by atoms with Crippen molar-refractivity contribution in [3.63, 3.8) is 0 Å². The van der Waals surface area contributed by atoms with E-state index in [1.54, 1.807) is 25.2 Å². The van der Waals surface area contributed by atoms with Crippen molar-refractivity contribution in [2.24, 2.45) is 0 Å². The van der Waals surface area contributed by atoms with Crippen LogP contribution in [0.2, 0.25) is 0 Å². The highest BCUT2D eigenvalue weighted by molar-refractivity contribution is 6.29. The number of methoxy groups -OCH3 is 2. The van der Waals surface area contributed by atoms with E-state index < -0.39 is 0 Å². The Hall–Kier alpha value is -3.99. The van der Waals surface area contributed by atoms with Gasteiger partial charge in [0.2, 0.25) is 5.91 Å². The lowest BCUT2D eigenvalue weighted by molar-refractivity contribution is -0.123. The number of nitrogens with zero attached hydrogens (tertiary/aromatic N) is 1. The van der Waals surface area contributed by atoms with E-state index >= 15 is 0 Å². The van der Waals surface area contributed by atoms with E-state index in [-0.39, 0.29) is 24.3 Å². The summed E-state index contributed by atoms with van der Waals surface area (Å²) in [5.41, 5.74) is 5.35. The molecule has 0 unspecified atom stereocenters. The van der Waals surface area contributed by atoms with Gasteiger partial charge in [0.15, 0.2) is 18.1 Å². The van der Waals surface area contributed by atoms with E-state index in [2.05, 4.69) is 47.4 Å². The predicted molar refractivity (Wildman–Crippen MR) is 189 cm³/mol. The van der Waals surface area contributed by atoms with Crippen LogP contribution in [0.3, 0.4) is 0 Å². The molecule has 1 aliphatic heterocycles. The Kier molecular flexibility index (Phi) is 15.7. The number of ether oxygens (including phenoxy) is 5. The Balaban J connectivity index is 0.989. The molecule has 11 heteroatoms. The van der Waals surface area contributed by atoms with Crippen LogP contribution in [-0.4, -0.2) is 84.6 Å². The normalized spacial score (nSPS) is 12.3. The smallest absolute Gasteiger partial charge is 0.258 e. The van der Waals surface area contributed by atoms with Gasteiger partial charge in [0.05, 0.1) is 34.0 Å². The quantitative estimate of drug-likeness (QED) is 0.113. The van der Waals surface area contributed by atoms with Crippen molar-refractivity contribution >= 4 is 34.8 Å². The molecule has 0 atom stereocenters. The third-order valence-corrected chi connectivity index (χ3v) is 8.07. The van der Waals surface area contributed by atoms with Gasteiger partial charge in [-0.3, -0.25) is 9.59 Å². The number of alkyl halides is 1. The standard InChI is InChI=1S/C37H47ClN3O7/c1-44-34-15-12-29(24-35(34)45-2)8-3-7-28-9-4-11-31(23-28)39-16-6-19-46-21-22-47-20-17-40-36(42)27-48-32-13-14-33-30(25-32)10-5-18-41(33)37(43)26-38/h4,7,9,11-15,23-25,39H,3,5-6,8,10,16-22,26-27H2,1-2H3,(H,40,42). The molecule has 10 nitrogen and oxygen atoms in total. The molecule has 2 amide bonds. The number of nitrogens with one attached hydrogen (secondary N) is 2. The van der Waals surface area contributed by atoms with Crippen molar-refractivity contribution in [1.82, 2.24) is 5.32 Å². The van der Waals surface area contributed by atoms with Crippen LogP contribution in [0.4, 0.5) is 11.4 Å². The molecule has 1 heterocycles. The number of carbonyl (C=O) groups excluding carboxylic acids is 2. The second kappa shape index (κ2) is 20.4. The number of anilines is 2. The molecule has 0 saturated carbocycles. The number of halogens is 1. The van der Waals surface area contributed by atoms with Crippen LogP contribution >= 0.6 is 11.6 Å². The van der Waals surface area contributed by atoms with Gasteiger partial charge >= 0.3 is 0 Å². The Bertz CT molecular complexity index is 1450. The molecule has 48 heavy (non-hydrogen) atoms. The summed E-state index contributed by atoms with van der Waals surface area (Å²) in [6, 6.07) is 19.9. The Morgan fingerprint density at radius 1 is 0.917 bits per heavy atom. The minimum Gasteiger partial charge on any atom is -0.493 e. The van der Waals surface area contributed by atoms with E-state index in [1.165, 1.54) is 11.1 Å². The minimum atomic E-state index is -0.225. The van der Waals surface area contributed by atoms with Gasteiger partial charge in [0.25, 0.3) is 5.91 Å². The maximum absolute atomic E-state index is 12.2. The average Bonchev–Trinajstić information content (AvgIpc) is 3.12. The highest BCUT2D eigenvalue weighted by atomic mass is 35.5. The molecule has 1 radical (unpaired) electrons. The van der Waals surface area contributed by atoms with Crippen LogP contribution < -0.4 is 29.7 Å². The summed E-state index contributed by atoms with van der Waals surface area (Å²) < 4.78 is 27.6. The second-order valence-electron chi connectivity index (χ2n) is 11.3. The number of amides is 2. The van der Waals surface area contributed by atoms with E-state index in [0.29, 0.717) is 45.3 Å². The predicted octanol–water partition coefficient (Wildman–Crippen LogP) is 5.44. The van der Waals surface area contributed by atoms with E-state index in [4.69, 9.17) is 35.3 Å². The van der Waals surface area contributed by atoms with Crippen LogP contribution in [0.5, 0.6) is 17.2 Å². The number of hydrogen-bond acceptors (Lipinski definition) is 8. The molecule has 2 N–H and O–H groups in total. The molecule has 4 rings (SSSR count). The van der Waals surface area contributed by atoms with Crippen LogP contribution in [0.15, 0.2) is 60.7 Å². The van der Waals surface area contributed by atoms with Crippen LogP contribution in [0.25, 0.3) is 0 Å². The molecule has 3 aromatic carbocycles. The fraction of sp³-hybridized carbons (Fsp3) is 0.432. The monoisotopic (exact) mass is 680 g/mol. The van der Waals surface area contributed by atoms with Gasteiger partial charge in [-0.1, -0.05) is 18.2 Å². The van der Waals surface area contributed by atoms with Crippen molar-refractivity contribution in [2.75, 3.05) is 83.0 Å². The molecular formula is C37H47ClN3O7. The molecule has 0 bridgehead atoms. The summed E-state index contributed by atoms with van der Waals surface area (Å²) in [6.45, 7) is 3.73. The first kappa shape index (κ1) is 36.8. The van der Waals surface area contributed by atoms with Crippen molar-refractivity contribution in [2.45, 2.75) is 32.1 Å². The van der Waals surface area contributed by atoms with Crippen LogP contribution in [-0.2, 0) is 31.9 Å². The number of aryl methyl sites for hydroxylation is 2.